The summed E-state index contributed by atoms with van der Waals surface area (Å²) in [7, 11) is -2.08. The van der Waals surface area contributed by atoms with Crippen LogP contribution in [0.25, 0.3) is 5.69 Å². The average molecular weight is 365 g/mol. The maximum Gasteiger partial charge on any atom is 0.244 e. The van der Waals surface area contributed by atoms with Gasteiger partial charge in [0.25, 0.3) is 0 Å². The standard InChI is InChI=1S/C17H23N3O4S/c1-14(17(23-2)8-10-24-11-9-17)19-25(21,22)16-12-18-20(13-16)15-6-4-3-5-7-15/h3-7,12-14,19H,8-11H2,1-2H3. The fourth-order valence-corrected chi connectivity index (χ4v) is 4.35. The van der Waals surface area contributed by atoms with Crippen molar-refractivity contribution in [2.45, 2.75) is 36.3 Å². The van der Waals surface area contributed by atoms with Crippen molar-refractivity contribution in [2.24, 2.45) is 0 Å². The molecule has 1 N–H and O–H groups in total. The number of sulfonamides is 1. The summed E-state index contributed by atoms with van der Waals surface area (Å²) in [6.45, 7) is 2.95. The SMILES string of the molecule is COC1(C(C)NS(=O)(=O)c2cnn(-c3ccccc3)c2)CCOCC1. The second kappa shape index (κ2) is 7.25. The Morgan fingerprint density at radius 3 is 2.60 bits per heavy atom. The third kappa shape index (κ3) is 3.77. The van der Waals surface area contributed by atoms with Crippen molar-refractivity contribution >= 4 is 10.0 Å². The first kappa shape index (κ1) is 18.1. The maximum atomic E-state index is 12.7. The minimum atomic E-state index is -3.70. The van der Waals surface area contributed by atoms with Gasteiger partial charge >= 0.3 is 0 Å². The van der Waals surface area contributed by atoms with Crippen molar-refractivity contribution in [3.63, 3.8) is 0 Å². The fraction of sp³-hybridized carbons (Fsp3) is 0.471. The zero-order valence-electron chi connectivity index (χ0n) is 14.4. The minimum Gasteiger partial charge on any atom is -0.381 e. The molecule has 8 heteroatoms. The van der Waals surface area contributed by atoms with Crippen LogP contribution < -0.4 is 4.72 Å². The molecule has 2 heterocycles. The summed E-state index contributed by atoms with van der Waals surface area (Å²) in [5.74, 6) is 0. The van der Waals surface area contributed by atoms with Crippen LogP contribution in [0.1, 0.15) is 19.8 Å². The van der Waals surface area contributed by atoms with Crippen LogP contribution in [0.3, 0.4) is 0 Å². The van der Waals surface area contributed by atoms with Gasteiger partial charge in [-0.15, -0.1) is 0 Å². The summed E-state index contributed by atoms with van der Waals surface area (Å²) in [6, 6.07) is 8.98. The van der Waals surface area contributed by atoms with Crippen molar-refractivity contribution < 1.29 is 17.9 Å². The number of methoxy groups -OCH3 is 1. The van der Waals surface area contributed by atoms with Crippen LogP contribution in [0.4, 0.5) is 0 Å². The minimum absolute atomic E-state index is 0.126. The monoisotopic (exact) mass is 365 g/mol. The lowest BCUT2D eigenvalue weighted by atomic mass is 9.87. The lowest BCUT2D eigenvalue weighted by Gasteiger charge is -2.40. The van der Waals surface area contributed by atoms with Gasteiger partial charge in [-0.05, 0) is 19.1 Å². The van der Waals surface area contributed by atoms with Crippen molar-refractivity contribution in [3.05, 3.63) is 42.7 Å². The number of aromatic nitrogens is 2. The molecule has 1 unspecified atom stereocenters. The number of hydrogen-bond acceptors (Lipinski definition) is 5. The molecule has 0 aliphatic carbocycles. The first-order chi connectivity index (χ1) is 12.0. The predicted octanol–water partition coefficient (Wildman–Crippen LogP) is 1.73. The van der Waals surface area contributed by atoms with Crippen LogP contribution in [-0.4, -0.2) is 50.2 Å². The van der Waals surface area contributed by atoms with E-state index in [4.69, 9.17) is 9.47 Å². The Hall–Kier alpha value is -1.74. The Morgan fingerprint density at radius 1 is 1.28 bits per heavy atom. The first-order valence-electron chi connectivity index (χ1n) is 8.22. The van der Waals surface area contributed by atoms with E-state index in [1.54, 1.807) is 11.8 Å². The smallest absolute Gasteiger partial charge is 0.244 e. The highest BCUT2D eigenvalue weighted by molar-refractivity contribution is 7.89. The van der Waals surface area contributed by atoms with Gasteiger partial charge in [-0.2, -0.15) is 5.10 Å². The van der Waals surface area contributed by atoms with E-state index in [-0.39, 0.29) is 10.9 Å². The largest absolute Gasteiger partial charge is 0.381 e. The van der Waals surface area contributed by atoms with Gasteiger partial charge in [0.15, 0.2) is 0 Å². The van der Waals surface area contributed by atoms with E-state index < -0.39 is 15.6 Å². The Bertz CT molecular complexity index is 798. The molecule has 0 amide bonds. The zero-order valence-corrected chi connectivity index (χ0v) is 15.2. The van der Waals surface area contributed by atoms with Gasteiger partial charge in [-0.25, -0.2) is 17.8 Å². The first-order valence-corrected chi connectivity index (χ1v) is 9.70. The highest BCUT2D eigenvalue weighted by Gasteiger charge is 2.40. The van der Waals surface area contributed by atoms with Crippen molar-refractivity contribution in [2.75, 3.05) is 20.3 Å². The molecule has 0 bridgehead atoms. The van der Waals surface area contributed by atoms with Crippen LogP contribution in [0.5, 0.6) is 0 Å². The molecule has 25 heavy (non-hydrogen) atoms. The molecule has 1 aliphatic heterocycles. The number of rotatable bonds is 6. The van der Waals surface area contributed by atoms with Crippen LogP contribution in [-0.2, 0) is 19.5 Å². The molecular formula is C17H23N3O4S. The highest BCUT2D eigenvalue weighted by atomic mass is 32.2. The van der Waals surface area contributed by atoms with Gasteiger partial charge in [0, 0.05) is 39.2 Å². The van der Waals surface area contributed by atoms with Gasteiger partial charge in [0.1, 0.15) is 4.90 Å². The van der Waals surface area contributed by atoms with Gasteiger partial charge in [-0.3, -0.25) is 0 Å². The highest BCUT2D eigenvalue weighted by Crippen LogP contribution is 2.29. The molecular weight excluding hydrogens is 342 g/mol. The zero-order chi connectivity index (χ0) is 17.9. The lowest BCUT2D eigenvalue weighted by Crippen LogP contribution is -2.54. The molecule has 1 aromatic carbocycles. The summed E-state index contributed by atoms with van der Waals surface area (Å²) in [5.41, 5.74) is 0.246. The number of ether oxygens (including phenoxy) is 2. The Labute approximate surface area is 148 Å². The molecule has 0 saturated carbocycles. The van der Waals surface area contributed by atoms with Gasteiger partial charge in [-0.1, -0.05) is 18.2 Å². The molecule has 0 radical (unpaired) electrons. The molecule has 1 atom stereocenters. The van der Waals surface area contributed by atoms with E-state index in [0.29, 0.717) is 26.1 Å². The second-order valence-corrected chi connectivity index (χ2v) is 7.89. The Kier molecular flexibility index (Phi) is 5.24. The molecule has 2 aromatic rings. The lowest BCUT2D eigenvalue weighted by molar-refractivity contribution is -0.103. The maximum absolute atomic E-state index is 12.7. The van der Waals surface area contributed by atoms with Crippen molar-refractivity contribution in [3.8, 4) is 5.69 Å². The van der Waals surface area contributed by atoms with Gasteiger partial charge in [0.05, 0.1) is 23.7 Å². The molecule has 1 fully saturated rings. The number of para-hydroxylation sites is 1. The Balaban J connectivity index is 1.79. The van der Waals surface area contributed by atoms with E-state index in [0.717, 1.165) is 5.69 Å². The second-order valence-electron chi connectivity index (χ2n) is 6.18. The summed E-state index contributed by atoms with van der Waals surface area (Å²) in [4.78, 5) is 0.126. The van der Waals surface area contributed by atoms with E-state index in [9.17, 15) is 8.42 Å². The van der Waals surface area contributed by atoms with Crippen molar-refractivity contribution in [1.29, 1.82) is 0 Å². The third-order valence-corrected chi connectivity index (χ3v) is 6.25. The van der Waals surface area contributed by atoms with Crippen LogP contribution in [0.2, 0.25) is 0 Å². The van der Waals surface area contributed by atoms with E-state index in [2.05, 4.69) is 9.82 Å². The molecule has 7 nitrogen and oxygen atoms in total. The summed E-state index contributed by atoms with van der Waals surface area (Å²) in [6.07, 6.45) is 4.16. The van der Waals surface area contributed by atoms with Gasteiger partial charge < -0.3 is 9.47 Å². The molecule has 1 aliphatic rings. The van der Waals surface area contributed by atoms with E-state index in [1.165, 1.54) is 12.4 Å². The predicted molar refractivity (Wildman–Crippen MR) is 93.1 cm³/mol. The molecule has 3 rings (SSSR count). The summed E-state index contributed by atoms with van der Waals surface area (Å²) >= 11 is 0. The number of hydrogen-bond donors (Lipinski definition) is 1. The van der Waals surface area contributed by atoms with E-state index >= 15 is 0 Å². The molecule has 1 aromatic heterocycles. The molecule has 1 saturated heterocycles. The average Bonchev–Trinajstić information content (AvgIpc) is 3.14. The Morgan fingerprint density at radius 2 is 1.96 bits per heavy atom. The molecule has 0 spiro atoms. The number of benzene rings is 1. The van der Waals surface area contributed by atoms with E-state index in [1.807, 2.05) is 37.3 Å². The number of nitrogens with zero attached hydrogens (tertiary/aromatic N) is 2. The van der Waals surface area contributed by atoms with Crippen LogP contribution in [0, 0.1) is 0 Å². The topological polar surface area (TPSA) is 82.5 Å². The van der Waals surface area contributed by atoms with Gasteiger partial charge in [0.2, 0.25) is 10.0 Å². The third-order valence-electron chi connectivity index (χ3n) is 4.76. The normalized spacial score (nSPS) is 18.8. The van der Waals surface area contributed by atoms with Crippen LogP contribution >= 0.6 is 0 Å². The quantitative estimate of drug-likeness (QED) is 0.843. The van der Waals surface area contributed by atoms with Crippen LogP contribution in [0.15, 0.2) is 47.6 Å². The summed E-state index contributed by atoms with van der Waals surface area (Å²) in [5, 5.41) is 4.16. The fourth-order valence-electron chi connectivity index (χ4n) is 3.11. The number of nitrogens with one attached hydrogen (secondary N) is 1. The summed E-state index contributed by atoms with van der Waals surface area (Å²) < 4.78 is 40.8. The molecule has 136 valence electrons. The van der Waals surface area contributed by atoms with Crippen molar-refractivity contribution in [1.82, 2.24) is 14.5 Å².